The first kappa shape index (κ1) is 12.9. The number of pyridine rings is 1. The monoisotopic (exact) mass is 329 g/mol. The molecule has 3 rings (SSSR count). The molecule has 5 heteroatoms. The summed E-state index contributed by atoms with van der Waals surface area (Å²) < 4.78 is 5.98. The second-order valence-electron chi connectivity index (χ2n) is 4.20. The van der Waals surface area contributed by atoms with E-state index >= 15 is 0 Å². The molecule has 0 fully saturated rings. The van der Waals surface area contributed by atoms with E-state index in [-0.39, 0.29) is 0 Å². The van der Waals surface area contributed by atoms with Gasteiger partial charge in [-0.3, -0.25) is 0 Å². The Morgan fingerprint density at radius 3 is 2.65 bits per heavy atom. The van der Waals surface area contributed by atoms with Gasteiger partial charge in [-0.1, -0.05) is 30.3 Å². The zero-order valence-corrected chi connectivity index (χ0v) is 12.4. The standard InChI is InChI=1S/C15H12BrN3O/c1-20-12-9-11(7-8-17-12)13-14(16)19-15(18-13)10-5-3-2-4-6-10/h2-9H,1H3,(H,18,19). The summed E-state index contributed by atoms with van der Waals surface area (Å²) in [5.41, 5.74) is 2.83. The molecular formula is C15H12BrN3O. The van der Waals surface area contributed by atoms with Crippen molar-refractivity contribution in [1.82, 2.24) is 15.0 Å². The van der Waals surface area contributed by atoms with Gasteiger partial charge in [0.2, 0.25) is 5.88 Å². The predicted molar refractivity (Wildman–Crippen MR) is 81.5 cm³/mol. The Morgan fingerprint density at radius 1 is 1.10 bits per heavy atom. The number of H-pyrrole nitrogens is 1. The van der Waals surface area contributed by atoms with Crippen LogP contribution in [0.5, 0.6) is 5.88 Å². The topological polar surface area (TPSA) is 50.8 Å². The molecule has 0 unspecified atom stereocenters. The third-order valence-corrected chi connectivity index (χ3v) is 3.50. The van der Waals surface area contributed by atoms with Crippen molar-refractivity contribution in [2.24, 2.45) is 0 Å². The summed E-state index contributed by atoms with van der Waals surface area (Å²) >= 11 is 3.52. The van der Waals surface area contributed by atoms with Crippen molar-refractivity contribution in [1.29, 1.82) is 0 Å². The smallest absolute Gasteiger partial charge is 0.213 e. The lowest BCUT2D eigenvalue weighted by molar-refractivity contribution is 0.398. The van der Waals surface area contributed by atoms with Crippen LogP contribution in [0.25, 0.3) is 22.6 Å². The maximum Gasteiger partial charge on any atom is 0.213 e. The zero-order valence-electron chi connectivity index (χ0n) is 10.8. The third kappa shape index (κ3) is 2.44. The summed E-state index contributed by atoms with van der Waals surface area (Å²) in [5, 5.41) is 0. The Bertz CT molecular complexity index is 725. The van der Waals surface area contributed by atoms with E-state index in [2.05, 4.69) is 30.9 Å². The Morgan fingerprint density at radius 2 is 1.90 bits per heavy atom. The lowest BCUT2D eigenvalue weighted by atomic mass is 10.2. The van der Waals surface area contributed by atoms with E-state index in [1.54, 1.807) is 13.3 Å². The van der Waals surface area contributed by atoms with E-state index in [0.29, 0.717) is 5.88 Å². The van der Waals surface area contributed by atoms with Crippen LogP contribution in [-0.4, -0.2) is 22.1 Å². The fourth-order valence-electron chi connectivity index (χ4n) is 1.94. The number of hydrogen-bond donors (Lipinski definition) is 1. The summed E-state index contributed by atoms with van der Waals surface area (Å²) in [7, 11) is 1.60. The molecule has 4 nitrogen and oxygen atoms in total. The molecule has 0 radical (unpaired) electrons. The number of methoxy groups -OCH3 is 1. The number of nitrogens with zero attached hydrogens (tertiary/aromatic N) is 2. The molecule has 0 saturated carbocycles. The molecule has 0 atom stereocenters. The first-order valence-electron chi connectivity index (χ1n) is 6.09. The second-order valence-corrected chi connectivity index (χ2v) is 4.99. The molecule has 0 spiro atoms. The third-order valence-electron chi connectivity index (χ3n) is 2.92. The van der Waals surface area contributed by atoms with Crippen molar-refractivity contribution in [2.75, 3.05) is 7.11 Å². The van der Waals surface area contributed by atoms with E-state index in [1.807, 2.05) is 42.5 Å². The summed E-state index contributed by atoms with van der Waals surface area (Å²) in [6, 6.07) is 13.7. The Balaban J connectivity index is 2.05. The Kier molecular flexibility index (Phi) is 3.52. The van der Waals surface area contributed by atoms with Gasteiger partial charge in [0.15, 0.2) is 0 Å². The van der Waals surface area contributed by atoms with Crippen LogP contribution in [0.4, 0.5) is 0 Å². The Labute approximate surface area is 125 Å². The normalized spacial score (nSPS) is 10.5. The number of rotatable bonds is 3. The number of aromatic amines is 1. The number of hydrogen-bond acceptors (Lipinski definition) is 3. The van der Waals surface area contributed by atoms with Crippen LogP contribution in [0.1, 0.15) is 0 Å². The van der Waals surface area contributed by atoms with E-state index < -0.39 is 0 Å². The van der Waals surface area contributed by atoms with Gasteiger partial charge in [-0.15, -0.1) is 0 Å². The number of imidazole rings is 1. The fraction of sp³-hybridized carbons (Fsp3) is 0.0667. The summed E-state index contributed by atoms with van der Waals surface area (Å²) in [4.78, 5) is 12.0. The van der Waals surface area contributed by atoms with Gasteiger partial charge in [-0.05, 0) is 22.0 Å². The van der Waals surface area contributed by atoms with Crippen LogP contribution in [0.3, 0.4) is 0 Å². The van der Waals surface area contributed by atoms with Gasteiger partial charge >= 0.3 is 0 Å². The molecule has 0 aliphatic heterocycles. The van der Waals surface area contributed by atoms with Crippen LogP contribution < -0.4 is 4.74 Å². The van der Waals surface area contributed by atoms with E-state index in [1.165, 1.54) is 0 Å². The van der Waals surface area contributed by atoms with Crippen molar-refractivity contribution in [2.45, 2.75) is 0 Å². The molecule has 1 N–H and O–H groups in total. The summed E-state index contributed by atoms with van der Waals surface area (Å²) in [5.74, 6) is 1.39. The molecule has 2 heterocycles. The molecule has 0 amide bonds. The molecular weight excluding hydrogens is 318 g/mol. The Hall–Kier alpha value is -2.14. The zero-order chi connectivity index (χ0) is 13.9. The van der Waals surface area contributed by atoms with Crippen molar-refractivity contribution in [3.8, 4) is 28.5 Å². The molecule has 20 heavy (non-hydrogen) atoms. The quantitative estimate of drug-likeness (QED) is 0.792. The highest BCUT2D eigenvalue weighted by molar-refractivity contribution is 9.10. The van der Waals surface area contributed by atoms with Gasteiger partial charge in [0, 0.05) is 23.4 Å². The number of halogens is 1. The molecule has 1 aromatic carbocycles. The summed E-state index contributed by atoms with van der Waals surface area (Å²) in [6.07, 6.45) is 1.71. The largest absolute Gasteiger partial charge is 0.481 e. The highest BCUT2D eigenvalue weighted by Crippen LogP contribution is 2.30. The van der Waals surface area contributed by atoms with E-state index in [0.717, 1.165) is 27.2 Å². The highest BCUT2D eigenvalue weighted by atomic mass is 79.9. The van der Waals surface area contributed by atoms with Gasteiger partial charge in [-0.2, -0.15) is 0 Å². The lowest BCUT2D eigenvalue weighted by Crippen LogP contribution is -1.88. The van der Waals surface area contributed by atoms with Gasteiger partial charge < -0.3 is 9.72 Å². The molecule has 100 valence electrons. The fourth-order valence-corrected chi connectivity index (χ4v) is 2.45. The molecule has 0 aliphatic carbocycles. The van der Waals surface area contributed by atoms with Crippen molar-refractivity contribution < 1.29 is 4.74 Å². The number of nitrogens with one attached hydrogen (secondary N) is 1. The molecule has 2 aromatic heterocycles. The van der Waals surface area contributed by atoms with Crippen molar-refractivity contribution in [3.05, 3.63) is 53.3 Å². The minimum atomic E-state index is 0.568. The molecule has 3 aromatic rings. The van der Waals surface area contributed by atoms with Gasteiger partial charge in [0.05, 0.1) is 7.11 Å². The minimum Gasteiger partial charge on any atom is -0.481 e. The first-order valence-corrected chi connectivity index (χ1v) is 6.88. The van der Waals surface area contributed by atoms with Crippen LogP contribution in [0.15, 0.2) is 53.3 Å². The predicted octanol–water partition coefficient (Wildman–Crippen LogP) is 3.91. The second kappa shape index (κ2) is 5.46. The van der Waals surface area contributed by atoms with Crippen LogP contribution in [0.2, 0.25) is 0 Å². The number of aromatic nitrogens is 3. The number of benzene rings is 1. The lowest BCUT2D eigenvalue weighted by Gasteiger charge is -2.01. The average molecular weight is 330 g/mol. The maximum absolute atomic E-state index is 5.14. The van der Waals surface area contributed by atoms with E-state index in [4.69, 9.17) is 4.74 Å². The van der Waals surface area contributed by atoms with Gasteiger partial charge in [0.25, 0.3) is 0 Å². The van der Waals surface area contributed by atoms with Crippen LogP contribution in [0, 0.1) is 0 Å². The number of ether oxygens (including phenoxy) is 1. The average Bonchev–Trinajstić information content (AvgIpc) is 2.90. The first-order chi connectivity index (χ1) is 9.78. The summed E-state index contributed by atoms with van der Waals surface area (Å²) in [6.45, 7) is 0. The van der Waals surface area contributed by atoms with Crippen molar-refractivity contribution in [3.63, 3.8) is 0 Å². The SMILES string of the molecule is COc1cc(-c2nc(-c3ccccc3)[nH]c2Br)ccn1. The maximum atomic E-state index is 5.14. The van der Waals surface area contributed by atoms with Gasteiger partial charge in [-0.25, -0.2) is 9.97 Å². The highest BCUT2D eigenvalue weighted by Gasteiger charge is 2.12. The van der Waals surface area contributed by atoms with Gasteiger partial charge in [0.1, 0.15) is 16.1 Å². The molecule has 0 aliphatic rings. The van der Waals surface area contributed by atoms with Crippen molar-refractivity contribution >= 4 is 15.9 Å². The minimum absolute atomic E-state index is 0.568. The molecule has 0 bridgehead atoms. The van der Waals surface area contributed by atoms with Crippen LogP contribution in [-0.2, 0) is 0 Å². The van der Waals surface area contributed by atoms with E-state index in [9.17, 15) is 0 Å². The molecule has 0 saturated heterocycles. The van der Waals surface area contributed by atoms with Crippen LogP contribution >= 0.6 is 15.9 Å².